The maximum atomic E-state index is 10.9. The Morgan fingerprint density at radius 2 is 2.05 bits per heavy atom. The van der Waals surface area contributed by atoms with Crippen molar-refractivity contribution in [3.8, 4) is 11.8 Å². The molecule has 5 nitrogen and oxygen atoms in total. The number of nitriles is 1. The molecule has 0 N–H and O–H groups in total. The van der Waals surface area contributed by atoms with E-state index in [9.17, 15) is 10.1 Å². The van der Waals surface area contributed by atoms with Crippen LogP contribution in [-0.2, 0) is 6.61 Å². The molecule has 0 heterocycles. The van der Waals surface area contributed by atoms with Gasteiger partial charge in [0.15, 0.2) is 0 Å². The van der Waals surface area contributed by atoms with E-state index in [1.54, 1.807) is 37.3 Å². The number of hydrogen-bond donors (Lipinski definition) is 0. The number of nitrogens with zero attached hydrogens (tertiary/aromatic N) is 2. The van der Waals surface area contributed by atoms with E-state index in [4.69, 9.17) is 21.6 Å². The molecule has 0 amide bonds. The van der Waals surface area contributed by atoms with E-state index in [-0.39, 0.29) is 17.9 Å². The van der Waals surface area contributed by atoms with E-state index in [0.717, 1.165) is 0 Å². The van der Waals surface area contributed by atoms with Gasteiger partial charge in [-0.15, -0.1) is 0 Å². The third-order valence-electron chi connectivity index (χ3n) is 3.08. The van der Waals surface area contributed by atoms with Gasteiger partial charge in [0.1, 0.15) is 24.0 Å². The second kappa shape index (κ2) is 6.25. The third kappa shape index (κ3) is 3.12. The van der Waals surface area contributed by atoms with Gasteiger partial charge in [0, 0.05) is 11.6 Å². The van der Waals surface area contributed by atoms with Crippen LogP contribution < -0.4 is 4.74 Å². The monoisotopic (exact) mass is 302 g/mol. The highest BCUT2D eigenvalue weighted by Gasteiger charge is 2.14. The average Bonchev–Trinajstić information content (AvgIpc) is 2.46. The molecule has 0 aliphatic heterocycles. The molecule has 2 rings (SSSR count). The van der Waals surface area contributed by atoms with Crippen LogP contribution in [0.25, 0.3) is 0 Å². The Hall–Kier alpha value is -2.58. The van der Waals surface area contributed by atoms with Crippen molar-refractivity contribution in [3.05, 3.63) is 68.2 Å². The first kappa shape index (κ1) is 14.8. The molecule has 106 valence electrons. The maximum Gasteiger partial charge on any atom is 0.272 e. The molecule has 0 unspecified atom stereocenters. The van der Waals surface area contributed by atoms with E-state index in [0.29, 0.717) is 21.9 Å². The van der Waals surface area contributed by atoms with Crippen LogP contribution in [0.2, 0.25) is 5.02 Å². The van der Waals surface area contributed by atoms with Crippen LogP contribution in [0.3, 0.4) is 0 Å². The molecule has 0 radical (unpaired) electrons. The van der Waals surface area contributed by atoms with Crippen LogP contribution in [0.5, 0.6) is 5.75 Å². The summed E-state index contributed by atoms with van der Waals surface area (Å²) in [6, 6.07) is 11.7. The van der Waals surface area contributed by atoms with Gasteiger partial charge in [-0.3, -0.25) is 10.1 Å². The number of benzene rings is 2. The van der Waals surface area contributed by atoms with Crippen molar-refractivity contribution in [1.82, 2.24) is 0 Å². The fraction of sp³-hybridized carbons (Fsp3) is 0.133. The fourth-order valence-corrected chi connectivity index (χ4v) is 2.12. The first-order valence-electron chi connectivity index (χ1n) is 6.09. The summed E-state index contributed by atoms with van der Waals surface area (Å²) in [5.74, 6) is 0.357. The average molecular weight is 303 g/mol. The van der Waals surface area contributed by atoms with Gasteiger partial charge in [-0.2, -0.15) is 5.26 Å². The van der Waals surface area contributed by atoms with Crippen LogP contribution in [0.1, 0.15) is 16.7 Å². The summed E-state index contributed by atoms with van der Waals surface area (Å²) in [5.41, 5.74) is 1.53. The minimum absolute atomic E-state index is 0.0442. The fourth-order valence-electron chi connectivity index (χ4n) is 1.91. The zero-order chi connectivity index (χ0) is 15.4. The van der Waals surface area contributed by atoms with Crippen molar-refractivity contribution in [2.45, 2.75) is 13.5 Å². The molecule has 2 aromatic rings. The topological polar surface area (TPSA) is 76.2 Å². The zero-order valence-corrected chi connectivity index (χ0v) is 11.9. The molecule has 0 aliphatic rings. The number of rotatable bonds is 4. The van der Waals surface area contributed by atoms with Gasteiger partial charge in [-0.1, -0.05) is 29.8 Å². The smallest absolute Gasteiger partial charge is 0.272 e. The lowest BCUT2D eigenvalue weighted by Gasteiger charge is -2.10. The lowest BCUT2D eigenvalue weighted by atomic mass is 10.1. The Balaban J connectivity index is 2.26. The highest BCUT2D eigenvalue weighted by Crippen LogP contribution is 2.27. The number of ether oxygens (including phenoxy) is 1. The Morgan fingerprint density at radius 1 is 1.33 bits per heavy atom. The SMILES string of the molecule is Cc1c(COc2cccc(Cl)c2C#N)cccc1[N+](=O)[O-]. The van der Waals surface area contributed by atoms with E-state index >= 15 is 0 Å². The molecule has 0 saturated heterocycles. The Bertz CT molecular complexity index is 738. The van der Waals surface area contributed by atoms with E-state index in [1.165, 1.54) is 6.07 Å². The van der Waals surface area contributed by atoms with Crippen molar-refractivity contribution in [1.29, 1.82) is 5.26 Å². The number of halogens is 1. The number of nitro benzene ring substituents is 1. The van der Waals surface area contributed by atoms with Gasteiger partial charge >= 0.3 is 0 Å². The second-order valence-corrected chi connectivity index (χ2v) is 4.74. The van der Waals surface area contributed by atoms with Crippen molar-refractivity contribution >= 4 is 17.3 Å². The zero-order valence-electron chi connectivity index (χ0n) is 11.2. The predicted octanol–water partition coefficient (Wildman–Crippen LogP) is 4.01. The van der Waals surface area contributed by atoms with Gasteiger partial charge in [0.25, 0.3) is 5.69 Å². The lowest BCUT2D eigenvalue weighted by molar-refractivity contribution is -0.385. The van der Waals surface area contributed by atoms with E-state index in [2.05, 4.69) is 0 Å². The summed E-state index contributed by atoms with van der Waals surface area (Å²) < 4.78 is 5.58. The summed E-state index contributed by atoms with van der Waals surface area (Å²) in [6.45, 7) is 1.79. The van der Waals surface area contributed by atoms with Gasteiger partial charge < -0.3 is 4.74 Å². The quantitative estimate of drug-likeness (QED) is 0.631. The van der Waals surface area contributed by atoms with Crippen LogP contribution >= 0.6 is 11.6 Å². The molecule has 0 aromatic heterocycles. The summed E-state index contributed by atoms with van der Waals surface area (Å²) in [5, 5.41) is 20.3. The van der Waals surface area contributed by atoms with Gasteiger partial charge in [-0.05, 0) is 24.6 Å². The molecule has 0 fully saturated rings. The van der Waals surface area contributed by atoms with Gasteiger partial charge in [0.2, 0.25) is 0 Å². The van der Waals surface area contributed by atoms with Crippen molar-refractivity contribution in [3.63, 3.8) is 0 Å². The summed E-state index contributed by atoms with van der Waals surface area (Å²) >= 11 is 5.92. The number of hydrogen-bond acceptors (Lipinski definition) is 4. The van der Waals surface area contributed by atoms with Gasteiger partial charge in [0.05, 0.1) is 9.95 Å². The highest BCUT2D eigenvalue weighted by molar-refractivity contribution is 6.31. The molecule has 0 bridgehead atoms. The van der Waals surface area contributed by atoms with E-state index < -0.39 is 4.92 Å². The van der Waals surface area contributed by atoms with E-state index in [1.807, 2.05) is 6.07 Å². The molecule has 0 atom stereocenters. The highest BCUT2D eigenvalue weighted by atomic mass is 35.5. The maximum absolute atomic E-state index is 10.9. The first-order valence-corrected chi connectivity index (χ1v) is 6.46. The molecular weight excluding hydrogens is 292 g/mol. The van der Waals surface area contributed by atoms with Crippen LogP contribution in [0.15, 0.2) is 36.4 Å². The normalized spacial score (nSPS) is 9.95. The largest absolute Gasteiger partial charge is 0.487 e. The Kier molecular flexibility index (Phi) is 4.41. The van der Waals surface area contributed by atoms with Crippen LogP contribution in [0, 0.1) is 28.4 Å². The molecule has 0 spiro atoms. The molecular formula is C15H11ClN2O3. The van der Waals surface area contributed by atoms with Crippen molar-refractivity contribution in [2.24, 2.45) is 0 Å². The molecule has 0 aliphatic carbocycles. The summed E-state index contributed by atoms with van der Waals surface area (Å²) in [6.07, 6.45) is 0. The van der Waals surface area contributed by atoms with Gasteiger partial charge in [-0.25, -0.2) is 0 Å². The molecule has 2 aromatic carbocycles. The molecule has 6 heteroatoms. The second-order valence-electron chi connectivity index (χ2n) is 4.33. The first-order chi connectivity index (χ1) is 10.0. The third-order valence-corrected chi connectivity index (χ3v) is 3.40. The summed E-state index contributed by atoms with van der Waals surface area (Å²) in [4.78, 5) is 10.5. The molecule has 21 heavy (non-hydrogen) atoms. The number of nitro groups is 1. The Labute approximate surface area is 126 Å². The Morgan fingerprint density at radius 3 is 2.71 bits per heavy atom. The predicted molar refractivity (Wildman–Crippen MR) is 78.3 cm³/mol. The van der Waals surface area contributed by atoms with Crippen LogP contribution in [0.4, 0.5) is 5.69 Å². The van der Waals surface area contributed by atoms with Crippen LogP contribution in [-0.4, -0.2) is 4.92 Å². The lowest BCUT2D eigenvalue weighted by Crippen LogP contribution is -2.02. The van der Waals surface area contributed by atoms with Crippen molar-refractivity contribution < 1.29 is 9.66 Å². The minimum Gasteiger partial charge on any atom is -0.487 e. The summed E-state index contributed by atoms with van der Waals surface area (Å²) in [7, 11) is 0. The minimum atomic E-state index is -0.432. The standard InChI is InChI=1S/C15H11ClN2O3/c1-10-11(4-2-6-14(10)18(19)20)9-21-15-7-3-5-13(16)12(15)8-17/h2-7H,9H2,1H3. The molecule has 0 saturated carbocycles. The van der Waals surface area contributed by atoms with Crippen molar-refractivity contribution in [2.75, 3.05) is 0 Å².